The van der Waals surface area contributed by atoms with Crippen LogP contribution in [0.4, 0.5) is 0 Å². The van der Waals surface area contributed by atoms with Gasteiger partial charge in [-0.15, -0.1) is 20.4 Å². The minimum Gasteiger partial charge on any atom is -0.419 e. The minimum absolute atomic E-state index is 0.0454. The number of hydrogen-bond donors (Lipinski definition) is 0. The zero-order chi connectivity index (χ0) is 14.8. The average Bonchev–Trinajstić information content (AvgIpc) is 3.09. The van der Waals surface area contributed by atoms with E-state index in [1.807, 2.05) is 45.0 Å². The van der Waals surface area contributed by atoms with Crippen LogP contribution >= 0.6 is 23.1 Å². The Morgan fingerprint density at radius 1 is 1.05 bits per heavy atom. The van der Waals surface area contributed by atoms with Crippen molar-refractivity contribution in [3.05, 3.63) is 40.7 Å². The predicted octanol–water partition coefficient (Wildman–Crippen LogP) is 4.06. The lowest BCUT2D eigenvalue weighted by atomic mass is 10.1. The molecule has 0 saturated heterocycles. The second kappa shape index (κ2) is 5.95. The highest BCUT2D eigenvalue weighted by Crippen LogP contribution is 2.36. The van der Waals surface area contributed by atoms with E-state index in [9.17, 15) is 0 Å². The summed E-state index contributed by atoms with van der Waals surface area (Å²) in [5.41, 5.74) is 2.14. The van der Waals surface area contributed by atoms with E-state index in [2.05, 4.69) is 20.4 Å². The Kier molecular flexibility index (Phi) is 4.03. The van der Waals surface area contributed by atoms with Crippen LogP contribution in [0.2, 0.25) is 0 Å². The number of benzene rings is 1. The van der Waals surface area contributed by atoms with E-state index in [0.29, 0.717) is 11.8 Å². The van der Waals surface area contributed by atoms with Gasteiger partial charge in [0.05, 0.1) is 5.25 Å². The third-order valence-electron chi connectivity index (χ3n) is 2.87. The third-order valence-corrected chi connectivity index (χ3v) is 4.88. The molecule has 1 aromatic carbocycles. The quantitative estimate of drug-likeness (QED) is 0.676. The third kappa shape index (κ3) is 3.30. The molecule has 21 heavy (non-hydrogen) atoms. The van der Waals surface area contributed by atoms with Gasteiger partial charge in [0.1, 0.15) is 5.01 Å². The van der Waals surface area contributed by atoms with Crippen molar-refractivity contribution < 1.29 is 4.42 Å². The number of thioether (sulfide) groups is 1. The van der Waals surface area contributed by atoms with Gasteiger partial charge in [-0.3, -0.25) is 0 Å². The molecule has 0 fully saturated rings. The topological polar surface area (TPSA) is 64.7 Å². The summed E-state index contributed by atoms with van der Waals surface area (Å²) in [4.78, 5) is 0. The van der Waals surface area contributed by atoms with Crippen molar-refractivity contribution in [1.82, 2.24) is 20.4 Å². The molecule has 0 unspecified atom stereocenters. The second-order valence-corrected chi connectivity index (χ2v) is 7.43. The Morgan fingerprint density at radius 2 is 1.81 bits per heavy atom. The highest BCUT2D eigenvalue weighted by atomic mass is 32.2. The largest absolute Gasteiger partial charge is 0.419 e. The molecule has 0 aliphatic heterocycles. The average molecular weight is 318 g/mol. The molecule has 0 aliphatic rings. The van der Waals surface area contributed by atoms with Crippen molar-refractivity contribution in [2.75, 3.05) is 0 Å². The summed E-state index contributed by atoms with van der Waals surface area (Å²) < 4.78 is 6.68. The van der Waals surface area contributed by atoms with Crippen molar-refractivity contribution in [1.29, 1.82) is 0 Å². The Morgan fingerprint density at radius 3 is 2.48 bits per heavy atom. The monoisotopic (exact) mass is 318 g/mol. The van der Waals surface area contributed by atoms with E-state index in [1.54, 1.807) is 23.1 Å². The van der Waals surface area contributed by atoms with Crippen LogP contribution in [0.15, 0.2) is 33.0 Å². The minimum atomic E-state index is 0.0454. The van der Waals surface area contributed by atoms with E-state index >= 15 is 0 Å². The molecule has 2 heterocycles. The summed E-state index contributed by atoms with van der Waals surface area (Å²) in [6, 6.07) is 8.03. The SMILES string of the molecule is Cc1ccc(-c2nnc([C@@H](C)Sc3nnc(C)s3)o2)cc1. The number of hydrogen-bond acceptors (Lipinski definition) is 7. The number of aryl methyl sites for hydroxylation is 2. The van der Waals surface area contributed by atoms with Gasteiger partial charge in [0, 0.05) is 5.56 Å². The predicted molar refractivity (Wildman–Crippen MR) is 83.4 cm³/mol. The molecule has 0 radical (unpaired) electrons. The molecule has 0 aliphatic carbocycles. The molecule has 3 aromatic rings. The summed E-state index contributed by atoms with van der Waals surface area (Å²) in [6.45, 7) is 6.01. The van der Waals surface area contributed by atoms with Crippen LogP contribution in [0.5, 0.6) is 0 Å². The Bertz CT molecular complexity index is 736. The van der Waals surface area contributed by atoms with Crippen molar-refractivity contribution in [2.45, 2.75) is 30.4 Å². The lowest BCUT2D eigenvalue weighted by molar-refractivity contribution is 0.509. The molecule has 0 N–H and O–H groups in total. The standard InChI is InChI=1S/C14H14N4OS2/c1-8-4-6-11(7-5-8)13-17-16-12(19-13)9(2)20-14-18-15-10(3)21-14/h4-7,9H,1-3H3/t9-/m1/s1. The van der Waals surface area contributed by atoms with E-state index in [4.69, 9.17) is 4.42 Å². The summed E-state index contributed by atoms with van der Waals surface area (Å²) in [7, 11) is 0. The van der Waals surface area contributed by atoms with Gasteiger partial charge in [-0.2, -0.15) is 0 Å². The van der Waals surface area contributed by atoms with E-state index in [0.717, 1.165) is 14.9 Å². The van der Waals surface area contributed by atoms with Crippen molar-refractivity contribution in [3.63, 3.8) is 0 Å². The maximum atomic E-state index is 5.76. The molecule has 3 rings (SSSR count). The smallest absolute Gasteiger partial charge is 0.247 e. The van der Waals surface area contributed by atoms with Crippen molar-refractivity contribution in [2.24, 2.45) is 0 Å². The maximum Gasteiger partial charge on any atom is 0.247 e. The lowest BCUT2D eigenvalue weighted by Gasteiger charge is -2.02. The van der Waals surface area contributed by atoms with Crippen LogP contribution in [0.1, 0.15) is 28.6 Å². The van der Waals surface area contributed by atoms with Gasteiger partial charge in [-0.25, -0.2) is 0 Å². The summed E-state index contributed by atoms with van der Waals surface area (Å²) in [6.07, 6.45) is 0. The van der Waals surface area contributed by atoms with Gasteiger partial charge in [0.15, 0.2) is 4.34 Å². The highest BCUT2D eigenvalue weighted by molar-refractivity contribution is 8.01. The molecule has 0 bridgehead atoms. The zero-order valence-electron chi connectivity index (χ0n) is 11.9. The van der Waals surface area contributed by atoms with Crippen molar-refractivity contribution >= 4 is 23.1 Å². The number of nitrogens with zero attached hydrogens (tertiary/aromatic N) is 4. The van der Waals surface area contributed by atoms with Gasteiger partial charge in [-0.1, -0.05) is 40.8 Å². The fraction of sp³-hybridized carbons (Fsp3) is 0.286. The van der Waals surface area contributed by atoms with Crippen LogP contribution in [0.25, 0.3) is 11.5 Å². The summed E-state index contributed by atoms with van der Waals surface area (Å²) >= 11 is 3.14. The molecular formula is C14H14N4OS2. The highest BCUT2D eigenvalue weighted by Gasteiger charge is 2.18. The lowest BCUT2D eigenvalue weighted by Crippen LogP contribution is -1.88. The zero-order valence-corrected chi connectivity index (χ0v) is 13.5. The molecule has 0 saturated carbocycles. The normalized spacial score (nSPS) is 12.5. The summed E-state index contributed by atoms with van der Waals surface area (Å²) in [5.74, 6) is 1.15. The molecule has 2 aromatic heterocycles. The molecule has 108 valence electrons. The summed E-state index contributed by atoms with van der Waals surface area (Å²) in [5, 5.41) is 17.4. The molecule has 0 amide bonds. The van der Waals surface area contributed by atoms with Crippen LogP contribution in [0.3, 0.4) is 0 Å². The molecule has 1 atom stereocenters. The van der Waals surface area contributed by atoms with Gasteiger partial charge in [0.25, 0.3) is 0 Å². The van der Waals surface area contributed by atoms with Gasteiger partial charge < -0.3 is 4.42 Å². The molecule has 5 nitrogen and oxygen atoms in total. The molecule has 0 spiro atoms. The first-order valence-electron chi connectivity index (χ1n) is 6.49. The van der Waals surface area contributed by atoms with Crippen LogP contribution < -0.4 is 0 Å². The Balaban J connectivity index is 1.76. The first-order valence-corrected chi connectivity index (χ1v) is 8.18. The second-order valence-electron chi connectivity index (χ2n) is 4.66. The molecule has 7 heteroatoms. The van der Waals surface area contributed by atoms with Gasteiger partial charge in [0.2, 0.25) is 11.8 Å². The van der Waals surface area contributed by atoms with Gasteiger partial charge in [-0.05, 0) is 32.9 Å². The van der Waals surface area contributed by atoms with Gasteiger partial charge >= 0.3 is 0 Å². The Hall–Kier alpha value is -1.73. The fourth-order valence-electron chi connectivity index (χ4n) is 1.74. The van der Waals surface area contributed by atoms with Crippen LogP contribution in [0, 0.1) is 13.8 Å². The maximum absolute atomic E-state index is 5.76. The van der Waals surface area contributed by atoms with Crippen LogP contribution in [-0.4, -0.2) is 20.4 Å². The fourth-order valence-corrected chi connectivity index (χ4v) is 3.73. The number of aromatic nitrogens is 4. The van der Waals surface area contributed by atoms with E-state index in [1.165, 1.54) is 5.56 Å². The first kappa shape index (κ1) is 14.2. The van der Waals surface area contributed by atoms with Crippen LogP contribution in [-0.2, 0) is 0 Å². The Labute approximate surface area is 130 Å². The number of rotatable bonds is 4. The first-order chi connectivity index (χ1) is 10.1. The van der Waals surface area contributed by atoms with E-state index < -0.39 is 0 Å². The molecular weight excluding hydrogens is 304 g/mol. The van der Waals surface area contributed by atoms with E-state index in [-0.39, 0.29) is 5.25 Å². The van der Waals surface area contributed by atoms with Crippen molar-refractivity contribution in [3.8, 4) is 11.5 Å².